The molecule has 1 aromatic rings. The lowest BCUT2D eigenvalue weighted by Crippen LogP contribution is -2.14. The molecule has 0 radical (unpaired) electrons. The standard InChI is InChI=1S/C15H28N4O/c1-12(2)11-20-15-13(16)7-8-14(18-15)17-9-5-6-10-19(3)4/h7-8,12H,5-6,9-11,16H2,1-4H3,(H,17,18). The third kappa shape index (κ3) is 6.61. The first-order chi connectivity index (χ1) is 9.49. The Kier molecular flexibility index (Phi) is 7.15. The topological polar surface area (TPSA) is 63.4 Å². The summed E-state index contributed by atoms with van der Waals surface area (Å²) < 4.78 is 5.62. The van der Waals surface area contributed by atoms with Crippen LogP contribution in [-0.4, -0.2) is 43.7 Å². The number of nitrogens with one attached hydrogen (secondary N) is 1. The van der Waals surface area contributed by atoms with Crippen molar-refractivity contribution in [1.29, 1.82) is 0 Å². The lowest BCUT2D eigenvalue weighted by atomic mass is 10.2. The highest BCUT2D eigenvalue weighted by Crippen LogP contribution is 2.21. The molecule has 0 aliphatic heterocycles. The van der Waals surface area contributed by atoms with Crippen LogP contribution >= 0.6 is 0 Å². The molecule has 0 aromatic carbocycles. The molecule has 0 bridgehead atoms. The highest BCUT2D eigenvalue weighted by molar-refractivity contribution is 5.53. The van der Waals surface area contributed by atoms with E-state index in [1.165, 1.54) is 6.42 Å². The number of nitrogens with two attached hydrogens (primary N) is 1. The summed E-state index contributed by atoms with van der Waals surface area (Å²) in [6.07, 6.45) is 2.29. The van der Waals surface area contributed by atoms with Gasteiger partial charge in [0.2, 0.25) is 5.88 Å². The Morgan fingerprint density at radius 1 is 1.30 bits per heavy atom. The minimum absolute atomic E-state index is 0.457. The van der Waals surface area contributed by atoms with Crippen LogP contribution in [0.1, 0.15) is 26.7 Å². The van der Waals surface area contributed by atoms with Gasteiger partial charge in [-0.25, -0.2) is 0 Å². The zero-order valence-corrected chi connectivity index (χ0v) is 13.1. The molecule has 3 N–H and O–H groups in total. The van der Waals surface area contributed by atoms with Gasteiger partial charge in [-0.2, -0.15) is 4.98 Å². The van der Waals surface area contributed by atoms with Crippen molar-refractivity contribution in [3.05, 3.63) is 12.1 Å². The molecule has 5 nitrogen and oxygen atoms in total. The van der Waals surface area contributed by atoms with E-state index in [4.69, 9.17) is 10.5 Å². The summed E-state index contributed by atoms with van der Waals surface area (Å²) in [5.74, 6) is 1.80. The first-order valence-corrected chi connectivity index (χ1v) is 7.27. The van der Waals surface area contributed by atoms with E-state index in [9.17, 15) is 0 Å². The fourth-order valence-corrected chi connectivity index (χ4v) is 1.68. The molecule has 5 heteroatoms. The average molecular weight is 280 g/mol. The monoisotopic (exact) mass is 280 g/mol. The Hall–Kier alpha value is -1.49. The molecule has 114 valence electrons. The van der Waals surface area contributed by atoms with E-state index >= 15 is 0 Å². The van der Waals surface area contributed by atoms with Crippen LogP contribution in [0.25, 0.3) is 0 Å². The summed E-state index contributed by atoms with van der Waals surface area (Å²) in [4.78, 5) is 6.60. The van der Waals surface area contributed by atoms with Crippen molar-refractivity contribution in [3.63, 3.8) is 0 Å². The number of nitrogen functional groups attached to an aromatic ring is 1. The number of unbranched alkanes of at least 4 members (excludes halogenated alkanes) is 1. The maximum absolute atomic E-state index is 5.86. The van der Waals surface area contributed by atoms with E-state index in [1.807, 2.05) is 12.1 Å². The number of nitrogens with zero attached hydrogens (tertiary/aromatic N) is 2. The van der Waals surface area contributed by atoms with Crippen molar-refractivity contribution in [2.24, 2.45) is 5.92 Å². The number of aromatic nitrogens is 1. The van der Waals surface area contributed by atoms with E-state index in [0.29, 0.717) is 24.1 Å². The zero-order chi connectivity index (χ0) is 15.0. The fraction of sp³-hybridized carbons (Fsp3) is 0.667. The lowest BCUT2D eigenvalue weighted by molar-refractivity contribution is 0.263. The van der Waals surface area contributed by atoms with Gasteiger partial charge in [0.05, 0.1) is 12.3 Å². The lowest BCUT2D eigenvalue weighted by Gasteiger charge is -2.12. The maximum atomic E-state index is 5.86. The number of hydrogen-bond donors (Lipinski definition) is 2. The maximum Gasteiger partial charge on any atom is 0.239 e. The van der Waals surface area contributed by atoms with Crippen LogP contribution in [0.5, 0.6) is 5.88 Å². The van der Waals surface area contributed by atoms with Crippen molar-refractivity contribution in [1.82, 2.24) is 9.88 Å². The van der Waals surface area contributed by atoms with Gasteiger partial charge in [0, 0.05) is 6.54 Å². The second kappa shape index (κ2) is 8.64. The molecule has 0 aliphatic carbocycles. The van der Waals surface area contributed by atoms with Crippen LogP contribution in [0.3, 0.4) is 0 Å². The van der Waals surface area contributed by atoms with Crippen LogP contribution in [0, 0.1) is 5.92 Å². The number of rotatable bonds is 9. The smallest absolute Gasteiger partial charge is 0.239 e. The average Bonchev–Trinajstić information content (AvgIpc) is 2.38. The Balaban J connectivity index is 2.40. The SMILES string of the molecule is CC(C)COc1nc(NCCCCN(C)C)ccc1N. The molecule has 0 atom stereocenters. The quantitative estimate of drug-likeness (QED) is 0.680. The van der Waals surface area contributed by atoms with Crippen molar-refractivity contribution in [2.45, 2.75) is 26.7 Å². The summed E-state index contributed by atoms with van der Waals surface area (Å²) in [7, 11) is 4.18. The molecule has 0 spiro atoms. The highest BCUT2D eigenvalue weighted by Gasteiger charge is 2.05. The minimum Gasteiger partial charge on any atom is -0.476 e. The Labute approximate surface area is 122 Å². The summed E-state index contributed by atoms with van der Waals surface area (Å²) in [6.45, 7) is 6.85. The van der Waals surface area contributed by atoms with Gasteiger partial charge in [-0.1, -0.05) is 13.8 Å². The molecule has 0 unspecified atom stereocenters. The van der Waals surface area contributed by atoms with Crippen LogP contribution in [0.15, 0.2) is 12.1 Å². The molecule has 20 heavy (non-hydrogen) atoms. The van der Waals surface area contributed by atoms with Gasteiger partial charge in [-0.05, 0) is 51.5 Å². The van der Waals surface area contributed by atoms with Gasteiger partial charge in [0.15, 0.2) is 0 Å². The van der Waals surface area contributed by atoms with Gasteiger partial charge in [0.25, 0.3) is 0 Å². The summed E-state index contributed by atoms with van der Waals surface area (Å²) in [5, 5.41) is 3.31. The third-order valence-electron chi connectivity index (χ3n) is 2.78. The molecular weight excluding hydrogens is 252 g/mol. The predicted octanol–water partition coefficient (Wildman–Crippen LogP) is 2.45. The van der Waals surface area contributed by atoms with E-state index in [-0.39, 0.29) is 0 Å². The van der Waals surface area contributed by atoms with E-state index in [0.717, 1.165) is 25.3 Å². The number of hydrogen-bond acceptors (Lipinski definition) is 5. The highest BCUT2D eigenvalue weighted by atomic mass is 16.5. The second-order valence-electron chi connectivity index (χ2n) is 5.73. The predicted molar refractivity (Wildman–Crippen MR) is 85.3 cm³/mol. The molecule has 0 aliphatic rings. The number of anilines is 2. The molecule has 0 amide bonds. The van der Waals surface area contributed by atoms with Gasteiger partial charge in [-0.15, -0.1) is 0 Å². The van der Waals surface area contributed by atoms with Crippen molar-refractivity contribution < 1.29 is 4.74 Å². The molecule has 0 fully saturated rings. The van der Waals surface area contributed by atoms with E-state index in [1.54, 1.807) is 0 Å². The minimum atomic E-state index is 0.457. The largest absolute Gasteiger partial charge is 0.476 e. The summed E-state index contributed by atoms with van der Waals surface area (Å²) in [6, 6.07) is 3.73. The van der Waals surface area contributed by atoms with Crippen LogP contribution < -0.4 is 15.8 Å². The molecule has 0 saturated carbocycles. The Morgan fingerprint density at radius 2 is 2.05 bits per heavy atom. The Morgan fingerprint density at radius 3 is 2.70 bits per heavy atom. The van der Waals surface area contributed by atoms with Gasteiger partial charge in [0.1, 0.15) is 5.82 Å². The second-order valence-corrected chi connectivity index (χ2v) is 5.73. The van der Waals surface area contributed by atoms with Crippen molar-refractivity contribution >= 4 is 11.5 Å². The fourth-order valence-electron chi connectivity index (χ4n) is 1.68. The van der Waals surface area contributed by atoms with Gasteiger partial charge >= 0.3 is 0 Å². The summed E-state index contributed by atoms with van der Waals surface area (Å²) in [5.41, 5.74) is 6.45. The first kappa shape index (κ1) is 16.6. The number of ether oxygens (including phenoxy) is 1. The molecule has 1 heterocycles. The molecule has 1 aromatic heterocycles. The molecule has 0 saturated heterocycles. The van der Waals surface area contributed by atoms with Crippen molar-refractivity contribution in [2.75, 3.05) is 44.8 Å². The van der Waals surface area contributed by atoms with Gasteiger partial charge in [-0.3, -0.25) is 0 Å². The first-order valence-electron chi connectivity index (χ1n) is 7.27. The van der Waals surface area contributed by atoms with Crippen LogP contribution in [0.4, 0.5) is 11.5 Å². The zero-order valence-electron chi connectivity index (χ0n) is 13.1. The molecular formula is C15H28N4O. The third-order valence-corrected chi connectivity index (χ3v) is 2.78. The van der Waals surface area contributed by atoms with Crippen molar-refractivity contribution in [3.8, 4) is 5.88 Å². The van der Waals surface area contributed by atoms with E-state index in [2.05, 4.69) is 43.1 Å². The normalized spacial score (nSPS) is 11.1. The number of pyridine rings is 1. The van der Waals surface area contributed by atoms with Gasteiger partial charge < -0.3 is 20.7 Å². The van der Waals surface area contributed by atoms with E-state index < -0.39 is 0 Å². The van der Waals surface area contributed by atoms with Crippen LogP contribution in [-0.2, 0) is 0 Å². The molecule has 1 rings (SSSR count). The summed E-state index contributed by atoms with van der Waals surface area (Å²) >= 11 is 0. The Bertz CT molecular complexity index is 393. The van der Waals surface area contributed by atoms with Crippen LogP contribution in [0.2, 0.25) is 0 Å².